The van der Waals surface area contributed by atoms with Crippen LogP contribution in [0.4, 0.5) is 5.69 Å². The third-order valence-corrected chi connectivity index (χ3v) is 1.71. The first kappa shape index (κ1) is 8.81. The summed E-state index contributed by atoms with van der Waals surface area (Å²) in [5.41, 5.74) is 8.58. The number of aliphatic hydroxyl groups is 1. The van der Waals surface area contributed by atoms with Crippen molar-refractivity contribution in [1.82, 2.24) is 0 Å². The molecule has 1 rings (SSSR count). The van der Waals surface area contributed by atoms with Gasteiger partial charge in [0, 0.05) is 5.69 Å². The van der Waals surface area contributed by atoms with Crippen molar-refractivity contribution in [2.45, 2.75) is 6.92 Å². The molecular formula is C10H13NO. The van der Waals surface area contributed by atoms with E-state index in [1.54, 1.807) is 6.08 Å². The van der Waals surface area contributed by atoms with E-state index in [1.807, 2.05) is 31.2 Å². The van der Waals surface area contributed by atoms with Gasteiger partial charge < -0.3 is 10.8 Å². The zero-order chi connectivity index (χ0) is 8.97. The van der Waals surface area contributed by atoms with E-state index in [0.717, 1.165) is 16.8 Å². The molecule has 0 aromatic heterocycles. The molecule has 0 bridgehead atoms. The van der Waals surface area contributed by atoms with Crippen LogP contribution >= 0.6 is 0 Å². The second-order valence-electron chi connectivity index (χ2n) is 2.70. The molecular weight excluding hydrogens is 150 g/mol. The van der Waals surface area contributed by atoms with E-state index < -0.39 is 0 Å². The van der Waals surface area contributed by atoms with Gasteiger partial charge in [0.1, 0.15) is 0 Å². The molecule has 0 aliphatic rings. The van der Waals surface area contributed by atoms with Crippen LogP contribution in [-0.2, 0) is 0 Å². The predicted octanol–water partition coefficient (Wildman–Crippen LogP) is 1.58. The molecule has 12 heavy (non-hydrogen) atoms. The molecule has 2 heteroatoms. The van der Waals surface area contributed by atoms with Crippen LogP contribution in [0, 0.1) is 6.92 Å². The Morgan fingerprint density at radius 2 is 2.25 bits per heavy atom. The SMILES string of the molecule is Cc1cc(C=CCO)ccc1N. The van der Waals surface area contributed by atoms with E-state index in [1.165, 1.54) is 0 Å². The summed E-state index contributed by atoms with van der Waals surface area (Å²) >= 11 is 0. The summed E-state index contributed by atoms with van der Waals surface area (Å²) in [6.07, 6.45) is 3.57. The summed E-state index contributed by atoms with van der Waals surface area (Å²) in [5.74, 6) is 0. The highest BCUT2D eigenvalue weighted by atomic mass is 16.2. The molecule has 1 aromatic carbocycles. The van der Waals surface area contributed by atoms with Gasteiger partial charge in [-0.2, -0.15) is 0 Å². The topological polar surface area (TPSA) is 46.2 Å². The van der Waals surface area contributed by atoms with Crippen molar-refractivity contribution in [1.29, 1.82) is 0 Å². The number of nitrogen functional groups attached to an aromatic ring is 1. The zero-order valence-corrected chi connectivity index (χ0v) is 7.12. The molecule has 0 saturated carbocycles. The lowest BCUT2D eigenvalue weighted by molar-refractivity contribution is 0.343. The van der Waals surface area contributed by atoms with Gasteiger partial charge in [-0.1, -0.05) is 24.3 Å². The smallest absolute Gasteiger partial charge is 0.0615 e. The van der Waals surface area contributed by atoms with Crippen molar-refractivity contribution < 1.29 is 5.11 Å². The van der Waals surface area contributed by atoms with Crippen LogP contribution in [0.2, 0.25) is 0 Å². The van der Waals surface area contributed by atoms with Gasteiger partial charge in [0.05, 0.1) is 6.61 Å². The van der Waals surface area contributed by atoms with Crippen molar-refractivity contribution >= 4 is 11.8 Å². The maximum Gasteiger partial charge on any atom is 0.0615 e. The molecule has 0 saturated heterocycles. The Bertz CT molecular complexity index is 292. The Balaban J connectivity index is 2.89. The summed E-state index contributed by atoms with van der Waals surface area (Å²) in [4.78, 5) is 0. The van der Waals surface area contributed by atoms with Crippen LogP contribution in [-0.4, -0.2) is 11.7 Å². The van der Waals surface area contributed by atoms with Crippen LogP contribution in [0.15, 0.2) is 24.3 Å². The van der Waals surface area contributed by atoms with Gasteiger partial charge in [-0.25, -0.2) is 0 Å². The fourth-order valence-electron chi connectivity index (χ4n) is 0.991. The molecule has 2 nitrogen and oxygen atoms in total. The number of aryl methyl sites for hydroxylation is 1. The quantitative estimate of drug-likeness (QED) is 0.650. The van der Waals surface area contributed by atoms with Gasteiger partial charge in [0.2, 0.25) is 0 Å². The highest BCUT2D eigenvalue weighted by molar-refractivity contribution is 5.57. The first-order valence-electron chi connectivity index (χ1n) is 3.87. The Labute approximate surface area is 72.3 Å². The second kappa shape index (κ2) is 3.93. The maximum absolute atomic E-state index is 8.54. The number of aliphatic hydroxyl groups excluding tert-OH is 1. The number of nitrogens with two attached hydrogens (primary N) is 1. The van der Waals surface area contributed by atoms with E-state index in [-0.39, 0.29) is 6.61 Å². The summed E-state index contributed by atoms with van der Waals surface area (Å²) < 4.78 is 0. The molecule has 0 fully saturated rings. The fraction of sp³-hybridized carbons (Fsp3) is 0.200. The maximum atomic E-state index is 8.54. The normalized spacial score (nSPS) is 10.8. The van der Waals surface area contributed by atoms with Crippen LogP contribution in [0.25, 0.3) is 6.08 Å². The lowest BCUT2D eigenvalue weighted by Gasteiger charge is -1.99. The summed E-state index contributed by atoms with van der Waals surface area (Å²) in [7, 11) is 0. The Kier molecular flexibility index (Phi) is 2.88. The average Bonchev–Trinajstić information content (AvgIpc) is 2.07. The molecule has 0 aliphatic carbocycles. The number of hydrogen-bond acceptors (Lipinski definition) is 2. The molecule has 0 aliphatic heterocycles. The Hall–Kier alpha value is -1.28. The van der Waals surface area contributed by atoms with Crippen LogP contribution in [0.1, 0.15) is 11.1 Å². The van der Waals surface area contributed by atoms with Crippen molar-refractivity contribution in [2.24, 2.45) is 0 Å². The van der Waals surface area contributed by atoms with E-state index in [2.05, 4.69) is 0 Å². The molecule has 0 radical (unpaired) electrons. The molecule has 3 N–H and O–H groups in total. The van der Waals surface area contributed by atoms with E-state index in [4.69, 9.17) is 10.8 Å². The highest BCUT2D eigenvalue weighted by Gasteiger charge is 1.92. The zero-order valence-electron chi connectivity index (χ0n) is 7.12. The fourth-order valence-corrected chi connectivity index (χ4v) is 0.991. The van der Waals surface area contributed by atoms with E-state index in [0.29, 0.717) is 0 Å². The van der Waals surface area contributed by atoms with Crippen molar-refractivity contribution in [3.05, 3.63) is 35.4 Å². The molecule has 1 aromatic rings. The second-order valence-corrected chi connectivity index (χ2v) is 2.70. The van der Waals surface area contributed by atoms with Crippen molar-refractivity contribution in [3.63, 3.8) is 0 Å². The third kappa shape index (κ3) is 2.10. The summed E-state index contributed by atoms with van der Waals surface area (Å²) in [5, 5.41) is 8.54. The van der Waals surface area contributed by atoms with Gasteiger partial charge in [0.15, 0.2) is 0 Å². The number of benzene rings is 1. The molecule has 0 spiro atoms. The molecule has 64 valence electrons. The summed E-state index contributed by atoms with van der Waals surface area (Å²) in [6.45, 7) is 2.04. The van der Waals surface area contributed by atoms with Gasteiger partial charge in [0.25, 0.3) is 0 Å². The molecule has 0 heterocycles. The predicted molar refractivity (Wildman–Crippen MR) is 51.7 cm³/mol. The van der Waals surface area contributed by atoms with Gasteiger partial charge in [-0.15, -0.1) is 0 Å². The minimum absolute atomic E-state index is 0.0728. The highest BCUT2D eigenvalue weighted by Crippen LogP contribution is 2.13. The number of hydrogen-bond donors (Lipinski definition) is 2. The van der Waals surface area contributed by atoms with Gasteiger partial charge >= 0.3 is 0 Å². The minimum Gasteiger partial charge on any atom is -0.399 e. The summed E-state index contributed by atoms with van der Waals surface area (Å²) in [6, 6.07) is 5.78. The molecule has 0 atom stereocenters. The molecule has 0 unspecified atom stereocenters. The standard InChI is InChI=1S/C10H13NO/c1-8-7-9(3-2-6-12)4-5-10(8)11/h2-5,7,12H,6,11H2,1H3. The largest absolute Gasteiger partial charge is 0.399 e. The number of anilines is 1. The molecule has 0 amide bonds. The lowest BCUT2D eigenvalue weighted by Crippen LogP contribution is -1.88. The monoisotopic (exact) mass is 163 g/mol. The average molecular weight is 163 g/mol. The van der Waals surface area contributed by atoms with Crippen molar-refractivity contribution in [2.75, 3.05) is 12.3 Å². The van der Waals surface area contributed by atoms with Crippen molar-refractivity contribution in [3.8, 4) is 0 Å². The van der Waals surface area contributed by atoms with Gasteiger partial charge in [-0.3, -0.25) is 0 Å². The van der Waals surface area contributed by atoms with E-state index in [9.17, 15) is 0 Å². The van der Waals surface area contributed by atoms with Crippen LogP contribution in [0.3, 0.4) is 0 Å². The Morgan fingerprint density at radius 1 is 1.50 bits per heavy atom. The van der Waals surface area contributed by atoms with Crippen LogP contribution in [0.5, 0.6) is 0 Å². The third-order valence-electron chi connectivity index (χ3n) is 1.71. The Morgan fingerprint density at radius 3 is 2.83 bits per heavy atom. The first-order valence-corrected chi connectivity index (χ1v) is 3.87. The van der Waals surface area contributed by atoms with Crippen LogP contribution < -0.4 is 5.73 Å². The number of rotatable bonds is 2. The minimum atomic E-state index is 0.0728. The van der Waals surface area contributed by atoms with Gasteiger partial charge in [-0.05, 0) is 24.1 Å². The first-order chi connectivity index (χ1) is 5.74. The lowest BCUT2D eigenvalue weighted by atomic mass is 10.1. The van der Waals surface area contributed by atoms with E-state index >= 15 is 0 Å².